The van der Waals surface area contributed by atoms with Gasteiger partial charge in [0.1, 0.15) is 11.5 Å². The van der Waals surface area contributed by atoms with E-state index in [2.05, 4.69) is 414 Å². The zero-order valence-corrected chi connectivity index (χ0v) is 71.5. The molecule has 4 aliphatic heterocycles. The number of ether oxygens (including phenoxy) is 1. The third-order valence-corrected chi connectivity index (χ3v) is 28.1. The summed E-state index contributed by atoms with van der Waals surface area (Å²) in [5, 5.41) is 2.01. The van der Waals surface area contributed by atoms with Crippen LogP contribution in [0.2, 0.25) is 0 Å². The van der Waals surface area contributed by atoms with Crippen LogP contribution < -0.4 is 52.2 Å². The zero-order valence-electron chi connectivity index (χ0n) is 79.5. The van der Waals surface area contributed by atoms with Crippen molar-refractivity contribution in [2.24, 2.45) is 0 Å². The maximum Gasteiger partial charge on any atom is 0.256 e. The molecule has 5 nitrogen and oxygen atoms in total. The van der Waals surface area contributed by atoms with Crippen molar-refractivity contribution in [1.29, 1.82) is 0 Å². The van der Waals surface area contributed by atoms with Crippen LogP contribution >= 0.6 is 0 Å². The maximum absolute atomic E-state index is 10.1. The summed E-state index contributed by atoms with van der Waals surface area (Å²) in [5.41, 5.74) is 35.9. The van der Waals surface area contributed by atoms with Crippen LogP contribution in [0.5, 0.6) is 11.5 Å². The van der Waals surface area contributed by atoms with E-state index in [-0.39, 0.29) is 32.6 Å². The first kappa shape index (κ1) is 66.1. The predicted octanol–water partition coefficient (Wildman–Crippen LogP) is 27.7. The van der Waals surface area contributed by atoms with Crippen LogP contribution in [0.4, 0.5) is 51.2 Å². The van der Waals surface area contributed by atoms with Crippen LogP contribution in [0.3, 0.4) is 0 Å². The first-order valence-electron chi connectivity index (χ1n) is 48.4. The molecule has 19 aromatic carbocycles. The van der Waals surface area contributed by atoms with Gasteiger partial charge in [0, 0.05) is 78.6 Å². The van der Waals surface area contributed by atoms with Crippen LogP contribution in [0.15, 0.2) is 412 Å². The van der Waals surface area contributed by atoms with Gasteiger partial charge in [-0.15, -0.1) is 0 Å². The molecule has 2 aliphatic carbocycles. The molecule has 0 radical (unpaired) electrons. The molecule has 5 heterocycles. The van der Waals surface area contributed by atoms with Gasteiger partial charge in [0.2, 0.25) is 0 Å². The molecule has 0 N–H and O–H groups in total. The summed E-state index contributed by atoms with van der Waals surface area (Å²) in [7, 11) is 0. The van der Waals surface area contributed by atoms with Gasteiger partial charge in [-0.3, -0.25) is 0 Å². The van der Waals surface area contributed by atoms with Crippen molar-refractivity contribution >= 4 is 130 Å². The second-order valence-corrected chi connectivity index (χ2v) is 37.0. The average molecular weight is 1640 g/mol. The maximum atomic E-state index is 10.1. The normalized spacial score (nSPS) is 14.6. The Labute approximate surface area is 758 Å². The number of anilines is 9. The Bertz CT molecular complexity index is 8350. The molecule has 1 spiro atoms. The average Bonchev–Trinajstić information content (AvgIpc) is 1.21. The fourth-order valence-electron chi connectivity index (χ4n) is 22.6. The van der Waals surface area contributed by atoms with E-state index in [0.717, 1.165) is 156 Å². The molecule has 128 heavy (non-hydrogen) atoms. The molecule has 0 atom stereocenters. The van der Waals surface area contributed by atoms with Crippen molar-refractivity contribution in [1.82, 2.24) is 4.57 Å². The van der Waals surface area contributed by atoms with Gasteiger partial charge in [-0.2, -0.15) is 0 Å². The Kier molecular flexibility index (Phi) is 14.4. The number of rotatable bonds is 9. The Hall–Kier alpha value is -15.4. The van der Waals surface area contributed by atoms with E-state index in [1.54, 1.807) is 4.57 Å². The van der Waals surface area contributed by atoms with Gasteiger partial charge in [0.25, 0.3) is 13.4 Å². The Morgan fingerprint density at radius 2 is 0.711 bits per heavy atom. The van der Waals surface area contributed by atoms with Crippen LogP contribution in [0.25, 0.3) is 116 Å². The minimum atomic E-state index is -0.640. The van der Waals surface area contributed by atoms with Crippen molar-refractivity contribution in [3.8, 4) is 95.1 Å². The predicted molar refractivity (Wildman–Crippen MR) is 539 cm³/mol. The van der Waals surface area contributed by atoms with Gasteiger partial charge < -0.3 is 24.0 Å². The number of hydrogen-bond donors (Lipinski definition) is 0. The number of para-hydroxylation sites is 5. The Morgan fingerprint density at radius 1 is 0.281 bits per heavy atom. The quantitative estimate of drug-likeness (QED) is 0.134. The molecule has 20 aromatic rings. The molecule has 0 saturated heterocycles. The molecule has 7 heteroatoms. The fourth-order valence-corrected chi connectivity index (χ4v) is 22.6. The van der Waals surface area contributed by atoms with E-state index < -0.39 is 67.2 Å². The van der Waals surface area contributed by atoms with E-state index in [1.165, 1.54) is 50.1 Å². The van der Waals surface area contributed by atoms with Crippen molar-refractivity contribution in [2.45, 2.75) is 57.8 Å². The van der Waals surface area contributed by atoms with Crippen molar-refractivity contribution in [3.63, 3.8) is 0 Å². The number of aromatic nitrogens is 1. The molecule has 0 fully saturated rings. The van der Waals surface area contributed by atoms with Gasteiger partial charge in [0.15, 0.2) is 0 Å². The first-order chi connectivity index (χ1) is 66.1. The number of nitrogens with zero attached hydrogens (tertiary/aromatic N) is 4. The smallest absolute Gasteiger partial charge is 0.256 e. The van der Waals surface area contributed by atoms with E-state index in [4.69, 9.17) is 4.74 Å². The van der Waals surface area contributed by atoms with E-state index in [1.807, 2.05) is 6.07 Å². The summed E-state index contributed by atoms with van der Waals surface area (Å²) in [6, 6.07) is 130. The second-order valence-electron chi connectivity index (χ2n) is 37.0. The molecule has 0 bridgehead atoms. The van der Waals surface area contributed by atoms with Gasteiger partial charge in [-0.1, -0.05) is 363 Å². The molecular weight excluding hydrogens is 1550 g/mol. The van der Waals surface area contributed by atoms with Gasteiger partial charge in [-0.25, -0.2) is 0 Å². The molecule has 26 rings (SSSR count). The highest BCUT2D eigenvalue weighted by Gasteiger charge is 2.54. The number of fused-ring (bicyclic) bond motifs is 23. The summed E-state index contributed by atoms with van der Waals surface area (Å²) in [4.78, 5) is 7.35. The Balaban J connectivity index is 0.782. The lowest BCUT2D eigenvalue weighted by molar-refractivity contribution is 0.488. The monoisotopic (exact) mass is 1640 g/mol. The standard InChI is InChI=1S/C121H86B2N4O/c1-119(2,3)81-67-93(75-37-12-7-13-38-75)116(94(68-81)76-39-14-8-15-40-76)126-106-61-34-30-57-100(106)122-102-73-103-111(74-108(102)124(83-45-20-11-21-46-83)109-71-84(72-110(126)114(109)122)125-104-59-32-25-50-90(104)91-51-26-33-60-105(91)125)128-112-66-80-65-79(85-52-36-53-92-89-49-24-29-56-99(89)121(113(85)92)97-54-27-22-47-87(97)88-48-23-28-55-98(88)121)63-64-86(80)118-115(112)123(103)101-58-31-35-62-107(101)127(118)117-95(77-41-16-9-17-42-77)69-82(120(4,5)6)70-96(117)78-43-18-10-19-44-78/h7-74H,1-6H3/i25D,26D,32D,33D,50D,51D,59D,60D. The summed E-state index contributed by atoms with van der Waals surface area (Å²) >= 11 is 0. The molecule has 0 saturated carbocycles. The van der Waals surface area contributed by atoms with E-state index in [9.17, 15) is 11.0 Å². The lowest BCUT2D eigenvalue weighted by atomic mass is 9.30. The van der Waals surface area contributed by atoms with Crippen molar-refractivity contribution in [3.05, 3.63) is 446 Å². The summed E-state index contributed by atoms with van der Waals surface area (Å²) in [6.07, 6.45) is 0. The van der Waals surface area contributed by atoms with Crippen molar-refractivity contribution < 1.29 is 15.7 Å². The van der Waals surface area contributed by atoms with Gasteiger partial charge >= 0.3 is 0 Å². The van der Waals surface area contributed by atoms with E-state index >= 15 is 0 Å². The largest absolute Gasteiger partial charge is 0.458 e. The highest BCUT2D eigenvalue weighted by molar-refractivity contribution is 7.02. The number of hydrogen-bond acceptors (Lipinski definition) is 4. The highest BCUT2D eigenvalue weighted by atomic mass is 16.5. The zero-order chi connectivity index (χ0) is 92.1. The van der Waals surface area contributed by atoms with Crippen molar-refractivity contribution in [2.75, 3.05) is 14.7 Å². The number of benzene rings is 19. The molecular formula is C121H86B2N4O. The second kappa shape index (κ2) is 27.8. The topological polar surface area (TPSA) is 23.9 Å². The summed E-state index contributed by atoms with van der Waals surface area (Å²) < 4.78 is 87.5. The summed E-state index contributed by atoms with van der Waals surface area (Å²) in [5.74, 6) is 1.36. The third kappa shape index (κ3) is 10.7. The molecule has 0 amide bonds. The molecule has 6 aliphatic rings. The van der Waals surface area contributed by atoms with Crippen LogP contribution in [0.1, 0.15) is 85.9 Å². The third-order valence-electron chi connectivity index (χ3n) is 28.1. The van der Waals surface area contributed by atoms with Gasteiger partial charge in [-0.05, 0) is 223 Å². The fraction of sp³-hybridized carbons (Fsp3) is 0.0744. The highest BCUT2D eigenvalue weighted by Crippen LogP contribution is 2.66. The molecule has 602 valence electrons. The Morgan fingerprint density at radius 3 is 1.23 bits per heavy atom. The molecule has 1 aromatic heterocycles. The summed E-state index contributed by atoms with van der Waals surface area (Å²) in [6.45, 7) is 12.7. The van der Waals surface area contributed by atoms with Crippen LogP contribution in [-0.2, 0) is 16.2 Å². The minimum absolute atomic E-state index is 0.0138. The SMILES string of the molecule is [2H]c1c([2H])c([2H])c2c(c1[2H])c1c([2H])c([2H])c([2H])c([2H])c1n2-c1cc2c3c(c1)N(c1c(-c4ccccc4)cc(C(C)(C)C)cc1-c1ccccc1)c1ccccc1B3c1cc3c(cc1N2c1ccccc1)Oc1cc2cc(-c4cccc5c4C4(c6ccccc6-c6ccccc64)c4ccccc4-5)ccc2c2c1B3c1ccccc1N2c1c(-c2ccccc2)cc(C(C)(C)C)cc1-c1ccccc1. The molecule has 0 unspecified atom stereocenters. The van der Waals surface area contributed by atoms with Crippen LogP contribution in [-0.4, -0.2) is 18.0 Å². The van der Waals surface area contributed by atoms with Gasteiger partial charge in [0.05, 0.1) is 50.2 Å². The van der Waals surface area contributed by atoms with E-state index in [0.29, 0.717) is 17.2 Å². The lowest BCUT2D eigenvalue weighted by Crippen LogP contribution is -2.64. The minimum Gasteiger partial charge on any atom is -0.458 e. The first-order valence-corrected chi connectivity index (χ1v) is 44.4. The lowest BCUT2D eigenvalue weighted by Gasteiger charge is -2.46. The van der Waals surface area contributed by atoms with Crippen LogP contribution in [0, 0.1) is 0 Å².